The summed E-state index contributed by atoms with van der Waals surface area (Å²) in [5, 5.41) is 9.49. The normalized spacial score (nSPS) is 17.4. The number of amides is 2. The van der Waals surface area contributed by atoms with E-state index in [2.05, 4.69) is 10.3 Å². The molecule has 0 bridgehead atoms. The summed E-state index contributed by atoms with van der Waals surface area (Å²) in [7, 11) is 1.61. The first-order chi connectivity index (χ1) is 19.4. The van der Waals surface area contributed by atoms with E-state index in [9.17, 15) is 9.59 Å². The van der Waals surface area contributed by atoms with E-state index >= 15 is 0 Å². The summed E-state index contributed by atoms with van der Waals surface area (Å²) in [5.41, 5.74) is 9.79. The Bertz CT molecular complexity index is 1620. The molecule has 6 rings (SSSR count). The van der Waals surface area contributed by atoms with Gasteiger partial charge in [0.25, 0.3) is 11.8 Å². The van der Waals surface area contributed by atoms with Gasteiger partial charge in [0.2, 0.25) is 0 Å². The fourth-order valence-electron chi connectivity index (χ4n) is 5.23. The highest BCUT2D eigenvalue weighted by Gasteiger charge is 2.33. The highest BCUT2D eigenvalue weighted by atomic mass is 35.5. The van der Waals surface area contributed by atoms with Gasteiger partial charge in [0.1, 0.15) is 5.75 Å². The van der Waals surface area contributed by atoms with Gasteiger partial charge < -0.3 is 20.3 Å². The predicted molar refractivity (Wildman–Crippen MR) is 151 cm³/mol. The van der Waals surface area contributed by atoms with Crippen LogP contribution in [-0.4, -0.2) is 74.4 Å². The SMILES string of the molecule is COc1ccc(-c2cc(Cl)c3ccc(C(=O)N4CCN(C(=O)c5cn(C6CC6)nn5)[C@@H](C)C4)cc3n2)cc1CN. The van der Waals surface area contributed by atoms with Gasteiger partial charge in [-0.15, -0.1) is 5.10 Å². The number of fused-ring (bicyclic) bond motifs is 1. The molecule has 3 heterocycles. The molecule has 0 radical (unpaired) electrons. The lowest BCUT2D eigenvalue weighted by Gasteiger charge is -2.39. The second kappa shape index (κ2) is 10.5. The van der Waals surface area contributed by atoms with Gasteiger partial charge in [0.05, 0.1) is 35.6 Å². The van der Waals surface area contributed by atoms with Crippen LogP contribution in [0, 0.1) is 0 Å². The number of ether oxygens (including phenoxy) is 1. The molecule has 1 aliphatic carbocycles. The van der Waals surface area contributed by atoms with E-state index < -0.39 is 0 Å². The molecule has 1 atom stereocenters. The van der Waals surface area contributed by atoms with Crippen LogP contribution in [0.5, 0.6) is 5.75 Å². The van der Waals surface area contributed by atoms with Crippen LogP contribution in [0.2, 0.25) is 5.02 Å². The van der Waals surface area contributed by atoms with Crippen molar-refractivity contribution in [3.05, 3.63) is 70.5 Å². The van der Waals surface area contributed by atoms with E-state index in [-0.39, 0.29) is 17.9 Å². The third-order valence-corrected chi connectivity index (χ3v) is 7.94. The molecule has 1 aliphatic heterocycles. The van der Waals surface area contributed by atoms with E-state index in [1.54, 1.807) is 39.9 Å². The molecule has 2 aromatic heterocycles. The topological polar surface area (TPSA) is 119 Å². The Hall–Kier alpha value is -4.02. The highest BCUT2D eigenvalue weighted by molar-refractivity contribution is 6.35. The maximum atomic E-state index is 13.5. The number of halogens is 1. The lowest BCUT2D eigenvalue weighted by molar-refractivity contribution is 0.0411. The first kappa shape index (κ1) is 26.2. The Balaban J connectivity index is 1.20. The van der Waals surface area contributed by atoms with Gasteiger partial charge in [-0.05, 0) is 56.2 Å². The van der Waals surface area contributed by atoms with Crippen molar-refractivity contribution in [2.45, 2.75) is 38.4 Å². The number of carbonyl (C=O) groups excluding carboxylic acids is 2. The van der Waals surface area contributed by atoms with Crippen LogP contribution in [0.1, 0.15) is 52.2 Å². The molecule has 10 nitrogen and oxygen atoms in total. The van der Waals surface area contributed by atoms with Crippen LogP contribution in [0.15, 0.2) is 48.7 Å². The van der Waals surface area contributed by atoms with Crippen LogP contribution in [-0.2, 0) is 6.54 Å². The van der Waals surface area contributed by atoms with Crippen molar-refractivity contribution in [3.63, 3.8) is 0 Å². The van der Waals surface area contributed by atoms with E-state index in [1.807, 2.05) is 37.3 Å². The van der Waals surface area contributed by atoms with Gasteiger partial charge in [-0.1, -0.05) is 22.9 Å². The molecule has 0 unspecified atom stereocenters. The van der Waals surface area contributed by atoms with Crippen LogP contribution in [0.3, 0.4) is 0 Å². The molecule has 11 heteroatoms. The fourth-order valence-corrected chi connectivity index (χ4v) is 5.49. The summed E-state index contributed by atoms with van der Waals surface area (Å²) in [4.78, 5) is 35.0. The van der Waals surface area contributed by atoms with Crippen molar-refractivity contribution in [1.29, 1.82) is 0 Å². The van der Waals surface area contributed by atoms with Crippen molar-refractivity contribution in [2.24, 2.45) is 5.73 Å². The number of nitrogens with zero attached hydrogens (tertiary/aromatic N) is 6. The number of aromatic nitrogens is 4. The number of pyridine rings is 1. The number of hydrogen-bond acceptors (Lipinski definition) is 7. The number of piperazine rings is 1. The number of benzene rings is 2. The predicted octanol–water partition coefficient (Wildman–Crippen LogP) is 3.94. The zero-order chi connectivity index (χ0) is 28.0. The Labute approximate surface area is 236 Å². The number of rotatable bonds is 6. The van der Waals surface area contributed by atoms with E-state index in [4.69, 9.17) is 27.1 Å². The van der Waals surface area contributed by atoms with E-state index in [1.165, 1.54) is 0 Å². The third kappa shape index (κ3) is 4.89. The summed E-state index contributed by atoms with van der Waals surface area (Å²) in [6.45, 7) is 3.54. The van der Waals surface area contributed by atoms with Gasteiger partial charge in [-0.25, -0.2) is 9.67 Å². The average Bonchev–Trinajstić information content (AvgIpc) is 3.71. The molecule has 40 heavy (non-hydrogen) atoms. The zero-order valence-electron chi connectivity index (χ0n) is 22.4. The minimum Gasteiger partial charge on any atom is -0.496 e. The minimum atomic E-state index is -0.164. The lowest BCUT2D eigenvalue weighted by atomic mass is 10.0. The second-order valence-electron chi connectivity index (χ2n) is 10.4. The molecule has 2 N–H and O–H groups in total. The summed E-state index contributed by atoms with van der Waals surface area (Å²) in [5.74, 6) is 0.449. The molecule has 2 aromatic carbocycles. The largest absolute Gasteiger partial charge is 0.496 e. The number of hydrogen-bond donors (Lipinski definition) is 1. The van der Waals surface area contributed by atoms with E-state index in [0.717, 1.165) is 29.4 Å². The van der Waals surface area contributed by atoms with E-state index in [0.29, 0.717) is 65.5 Å². The van der Waals surface area contributed by atoms with Crippen molar-refractivity contribution < 1.29 is 14.3 Å². The standard InChI is InChI=1S/C29H30ClN7O3/c1-17-15-35(9-10-36(17)29(39)26-16-37(34-33-26)21-5-6-21)28(38)19-3-7-22-23(30)13-24(32-25(22)12-19)18-4-8-27(40-2)20(11-18)14-31/h3-4,7-8,11-13,16-17,21H,5-6,9-10,14-15,31H2,1-2H3/t17-/m0/s1. The molecule has 4 aromatic rings. The molecule has 1 saturated carbocycles. The summed E-state index contributed by atoms with van der Waals surface area (Å²) in [6.07, 6.45) is 3.87. The van der Waals surface area contributed by atoms with Crippen LogP contribution >= 0.6 is 11.6 Å². The number of carbonyl (C=O) groups is 2. The first-order valence-electron chi connectivity index (χ1n) is 13.4. The molecule has 2 fully saturated rings. The Kier molecular flexibility index (Phi) is 6.89. The lowest BCUT2D eigenvalue weighted by Crippen LogP contribution is -2.55. The maximum Gasteiger partial charge on any atom is 0.276 e. The van der Waals surface area contributed by atoms with Gasteiger partial charge in [-0.3, -0.25) is 9.59 Å². The molecule has 0 spiro atoms. The quantitative estimate of drug-likeness (QED) is 0.380. The highest BCUT2D eigenvalue weighted by Crippen LogP contribution is 2.34. The first-order valence-corrected chi connectivity index (χ1v) is 13.7. The maximum absolute atomic E-state index is 13.5. The molecule has 206 valence electrons. The second-order valence-corrected chi connectivity index (χ2v) is 10.8. The van der Waals surface area contributed by atoms with Gasteiger partial charge in [0, 0.05) is 54.3 Å². The fraction of sp³-hybridized carbons (Fsp3) is 0.345. The van der Waals surface area contributed by atoms with Gasteiger partial charge >= 0.3 is 0 Å². The van der Waals surface area contributed by atoms with Gasteiger partial charge in [0.15, 0.2) is 5.69 Å². The van der Waals surface area contributed by atoms with Crippen LogP contribution in [0.25, 0.3) is 22.2 Å². The van der Waals surface area contributed by atoms with Crippen molar-refractivity contribution in [2.75, 3.05) is 26.7 Å². The molecular formula is C29H30ClN7O3. The Morgan fingerprint density at radius 2 is 1.93 bits per heavy atom. The molecular weight excluding hydrogens is 530 g/mol. The van der Waals surface area contributed by atoms with Crippen molar-refractivity contribution in [1.82, 2.24) is 29.8 Å². The zero-order valence-corrected chi connectivity index (χ0v) is 23.1. The number of methoxy groups -OCH3 is 1. The summed E-state index contributed by atoms with van der Waals surface area (Å²) < 4.78 is 7.16. The van der Waals surface area contributed by atoms with Gasteiger partial charge in [-0.2, -0.15) is 0 Å². The molecule has 2 aliphatic rings. The summed E-state index contributed by atoms with van der Waals surface area (Å²) in [6, 6.07) is 13.1. The molecule has 1 saturated heterocycles. The smallest absolute Gasteiger partial charge is 0.276 e. The Morgan fingerprint density at radius 1 is 1.10 bits per heavy atom. The van der Waals surface area contributed by atoms with Crippen molar-refractivity contribution in [3.8, 4) is 17.0 Å². The minimum absolute atomic E-state index is 0.112. The molecule has 2 amide bonds. The van der Waals surface area contributed by atoms with Crippen LogP contribution < -0.4 is 10.5 Å². The van der Waals surface area contributed by atoms with Crippen LogP contribution in [0.4, 0.5) is 0 Å². The monoisotopic (exact) mass is 559 g/mol. The van der Waals surface area contributed by atoms with Crippen molar-refractivity contribution >= 4 is 34.3 Å². The Morgan fingerprint density at radius 3 is 2.65 bits per heavy atom. The number of nitrogens with two attached hydrogens (primary N) is 1. The summed E-state index contributed by atoms with van der Waals surface area (Å²) >= 11 is 6.63. The average molecular weight is 560 g/mol. The third-order valence-electron chi connectivity index (χ3n) is 7.63.